The highest BCUT2D eigenvalue weighted by atomic mass is 35.5. The maximum absolute atomic E-state index is 8.83. The number of nitriles is 1. The lowest BCUT2D eigenvalue weighted by Crippen LogP contribution is -2.31. The van der Waals surface area contributed by atoms with Crippen LogP contribution in [0.4, 0.5) is 5.69 Å². The van der Waals surface area contributed by atoms with Crippen molar-refractivity contribution < 1.29 is 0 Å². The third kappa shape index (κ3) is 2.95. The van der Waals surface area contributed by atoms with Crippen LogP contribution in [0.1, 0.15) is 25.8 Å². The minimum atomic E-state index is 0.469. The molecule has 2 rings (SSSR count). The smallest absolute Gasteiger partial charge is 0.101 e. The van der Waals surface area contributed by atoms with Crippen molar-refractivity contribution >= 4 is 17.3 Å². The Morgan fingerprint density at radius 1 is 1.50 bits per heavy atom. The summed E-state index contributed by atoms with van der Waals surface area (Å²) >= 11 is 6.02. The van der Waals surface area contributed by atoms with Gasteiger partial charge in [-0.1, -0.05) is 11.6 Å². The Balaban J connectivity index is 1.99. The van der Waals surface area contributed by atoms with E-state index in [4.69, 9.17) is 16.9 Å². The van der Waals surface area contributed by atoms with Gasteiger partial charge in [0.1, 0.15) is 6.07 Å². The number of nitrogens with one attached hydrogen (secondary N) is 1. The number of anilines is 1. The predicted molar refractivity (Wildman–Crippen MR) is 74.9 cm³/mol. The minimum absolute atomic E-state index is 0.469. The van der Waals surface area contributed by atoms with Gasteiger partial charge in [-0.25, -0.2) is 0 Å². The molecule has 1 heterocycles. The van der Waals surface area contributed by atoms with E-state index in [1.807, 2.05) is 12.1 Å². The van der Waals surface area contributed by atoms with Crippen LogP contribution in [-0.4, -0.2) is 30.1 Å². The number of hydrogen-bond acceptors (Lipinski definition) is 3. The molecule has 1 aromatic rings. The first kappa shape index (κ1) is 13.2. The number of halogens is 1. The Morgan fingerprint density at radius 3 is 2.83 bits per heavy atom. The van der Waals surface area contributed by atoms with E-state index in [2.05, 4.69) is 30.1 Å². The molecule has 0 amide bonds. The van der Waals surface area contributed by atoms with Gasteiger partial charge < -0.3 is 5.32 Å². The summed E-state index contributed by atoms with van der Waals surface area (Å²) in [4.78, 5) is 2.46. The Bertz CT molecular complexity index is 465. The summed E-state index contributed by atoms with van der Waals surface area (Å²) in [5, 5.41) is 12.8. The Hall–Kier alpha value is -1.24. The molecule has 0 spiro atoms. The van der Waals surface area contributed by atoms with Crippen LogP contribution in [0.2, 0.25) is 5.02 Å². The van der Waals surface area contributed by atoms with Gasteiger partial charge in [0.15, 0.2) is 0 Å². The average molecular weight is 264 g/mol. The van der Waals surface area contributed by atoms with E-state index >= 15 is 0 Å². The number of rotatable bonds is 3. The first-order chi connectivity index (χ1) is 8.60. The average Bonchev–Trinajstić information content (AvgIpc) is 2.78. The number of likely N-dealkylation sites (tertiary alicyclic amines) is 1. The third-order valence-corrected chi connectivity index (χ3v) is 3.72. The number of benzene rings is 1. The zero-order valence-corrected chi connectivity index (χ0v) is 11.5. The van der Waals surface area contributed by atoms with Crippen LogP contribution in [0.25, 0.3) is 0 Å². The molecule has 1 aliphatic heterocycles. The lowest BCUT2D eigenvalue weighted by molar-refractivity contribution is 0.274. The van der Waals surface area contributed by atoms with Crippen LogP contribution in [0.15, 0.2) is 18.2 Å². The van der Waals surface area contributed by atoms with Crippen LogP contribution >= 0.6 is 11.6 Å². The normalized spacial score (nSPS) is 20.1. The van der Waals surface area contributed by atoms with Crippen molar-refractivity contribution in [2.75, 3.05) is 18.4 Å². The molecule has 1 aromatic carbocycles. The molecule has 1 fully saturated rings. The van der Waals surface area contributed by atoms with Crippen LogP contribution < -0.4 is 5.32 Å². The summed E-state index contributed by atoms with van der Waals surface area (Å²) in [7, 11) is 0. The van der Waals surface area contributed by atoms with Gasteiger partial charge in [-0.15, -0.1) is 0 Å². The SMILES string of the molecule is CC(C)N1CCC(Nc2ccc(C#N)c(Cl)c2)C1. The highest BCUT2D eigenvalue weighted by molar-refractivity contribution is 6.32. The standard InChI is InChI=1S/C14H18ClN3/c1-10(2)18-6-5-13(9-18)17-12-4-3-11(8-16)14(15)7-12/h3-4,7,10,13,17H,5-6,9H2,1-2H3. The van der Waals surface area contributed by atoms with Crippen molar-refractivity contribution in [3.63, 3.8) is 0 Å². The molecule has 4 heteroatoms. The second-order valence-electron chi connectivity index (χ2n) is 5.03. The fourth-order valence-electron chi connectivity index (χ4n) is 2.31. The van der Waals surface area contributed by atoms with E-state index in [1.165, 1.54) is 0 Å². The summed E-state index contributed by atoms with van der Waals surface area (Å²) in [6.07, 6.45) is 1.15. The quantitative estimate of drug-likeness (QED) is 0.911. The molecule has 1 saturated heterocycles. The van der Waals surface area contributed by atoms with Gasteiger partial charge in [0, 0.05) is 30.9 Å². The molecule has 1 atom stereocenters. The highest BCUT2D eigenvalue weighted by Gasteiger charge is 2.23. The lowest BCUT2D eigenvalue weighted by atomic mass is 10.2. The Labute approximate surface area is 113 Å². The largest absolute Gasteiger partial charge is 0.381 e. The van der Waals surface area contributed by atoms with Gasteiger partial charge in [0.2, 0.25) is 0 Å². The molecular weight excluding hydrogens is 246 g/mol. The van der Waals surface area contributed by atoms with Crippen molar-refractivity contribution in [1.29, 1.82) is 5.26 Å². The molecule has 3 nitrogen and oxygen atoms in total. The second kappa shape index (κ2) is 5.60. The van der Waals surface area contributed by atoms with Gasteiger partial charge in [0.25, 0.3) is 0 Å². The van der Waals surface area contributed by atoms with Crippen LogP contribution in [0.3, 0.4) is 0 Å². The fourth-order valence-corrected chi connectivity index (χ4v) is 2.53. The van der Waals surface area contributed by atoms with Crippen molar-refractivity contribution in [1.82, 2.24) is 4.90 Å². The molecule has 1 unspecified atom stereocenters. The minimum Gasteiger partial charge on any atom is -0.381 e. The van der Waals surface area contributed by atoms with Gasteiger partial charge in [0.05, 0.1) is 10.6 Å². The topological polar surface area (TPSA) is 39.1 Å². The molecule has 1 aliphatic rings. The van der Waals surface area contributed by atoms with E-state index in [1.54, 1.807) is 6.07 Å². The lowest BCUT2D eigenvalue weighted by Gasteiger charge is -2.21. The molecule has 0 radical (unpaired) electrons. The predicted octanol–water partition coefficient (Wildman–Crippen LogP) is 3.11. The third-order valence-electron chi connectivity index (χ3n) is 3.41. The Kier molecular flexibility index (Phi) is 4.11. The van der Waals surface area contributed by atoms with Gasteiger partial charge >= 0.3 is 0 Å². The molecule has 96 valence electrons. The van der Waals surface area contributed by atoms with Gasteiger partial charge in [-0.3, -0.25) is 4.90 Å². The van der Waals surface area contributed by atoms with E-state index in [9.17, 15) is 0 Å². The molecule has 1 N–H and O–H groups in total. The van der Waals surface area contributed by atoms with Crippen LogP contribution in [0.5, 0.6) is 0 Å². The molecule has 0 bridgehead atoms. The van der Waals surface area contributed by atoms with Crippen LogP contribution in [0, 0.1) is 11.3 Å². The van der Waals surface area contributed by atoms with Gasteiger partial charge in [-0.2, -0.15) is 5.26 Å². The highest BCUT2D eigenvalue weighted by Crippen LogP contribution is 2.23. The summed E-state index contributed by atoms with van der Waals surface area (Å²) in [6.45, 7) is 6.65. The van der Waals surface area contributed by atoms with Crippen LogP contribution in [-0.2, 0) is 0 Å². The molecule has 0 saturated carbocycles. The molecular formula is C14H18ClN3. The number of hydrogen-bond donors (Lipinski definition) is 1. The zero-order valence-electron chi connectivity index (χ0n) is 10.8. The van der Waals surface area contributed by atoms with Crippen molar-refractivity contribution in [2.24, 2.45) is 0 Å². The first-order valence-corrected chi connectivity index (χ1v) is 6.68. The fraction of sp³-hybridized carbons (Fsp3) is 0.500. The van der Waals surface area contributed by atoms with Crippen molar-refractivity contribution in [3.05, 3.63) is 28.8 Å². The molecule has 0 aromatic heterocycles. The Morgan fingerprint density at radius 2 is 2.28 bits per heavy atom. The maximum Gasteiger partial charge on any atom is 0.101 e. The maximum atomic E-state index is 8.83. The van der Waals surface area contributed by atoms with Gasteiger partial charge in [-0.05, 0) is 38.5 Å². The monoisotopic (exact) mass is 263 g/mol. The summed E-state index contributed by atoms with van der Waals surface area (Å²) in [6, 6.07) is 8.65. The van der Waals surface area contributed by atoms with Crippen molar-refractivity contribution in [2.45, 2.75) is 32.4 Å². The zero-order chi connectivity index (χ0) is 13.1. The second-order valence-corrected chi connectivity index (χ2v) is 5.43. The summed E-state index contributed by atoms with van der Waals surface area (Å²) in [5.41, 5.74) is 1.52. The van der Waals surface area contributed by atoms with E-state index in [-0.39, 0.29) is 0 Å². The molecule has 18 heavy (non-hydrogen) atoms. The summed E-state index contributed by atoms with van der Waals surface area (Å²) in [5.74, 6) is 0. The van der Waals surface area contributed by atoms with E-state index in [0.717, 1.165) is 25.2 Å². The molecule has 0 aliphatic carbocycles. The van der Waals surface area contributed by atoms with E-state index in [0.29, 0.717) is 22.7 Å². The van der Waals surface area contributed by atoms with Crippen molar-refractivity contribution in [3.8, 4) is 6.07 Å². The van der Waals surface area contributed by atoms with E-state index < -0.39 is 0 Å². The summed E-state index contributed by atoms with van der Waals surface area (Å²) < 4.78 is 0. The first-order valence-electron chi connectivity index (χ1n) is 6.30. The number of nitrogens with zero attached hydrogens (tertiary/aromatic N) is 2.